The van der Waals surface area contributed by atoms with Gasteiger partial charge in [0, 0.05) is 13.1 Å². The molecule has 1 fully saturated rings. The van der Waals surface area contributed by atoms with Crippen LogP contribution >= 0.6 is 0 Å². The van der Waals surface area contributed by atoms with Crippen molar-refractivity contribution in [3.63, 3.8) is 0 Å². The largest absolute Gasteiger partial charge is 0.390 e. The van der Waals surface area contributed by atoms with E-state index in [4.69, 9.17) is 5.11 Å². The summed E-state index contributed by atoms with van der Waals surface area (Å²) in [7, 11) is 0. The van der Waals surface area contributed by atoms with Crippen molar-refractivity contribution in [1.82, 2.24) is 9.97 Å². The Bertz CT molecular complexity index is 365. The quantitative estimate of drug-likeness (QED) is 0.793. The van der Waals surface area contributed by atoms with Gasteiger partial charge >= 0.3 is 0 Å². The molecule has 0 spiro atoms. The highest BCUT2D eigenvalue weighted by atomic mass is 16.3. The van der Waals surface area contributed by atoms with Crippen LogP contribution in [0.1, 0.15) is 31.9 Å². The Labute approximate surface area is 101 Å². The van der Waals surface area contributed by atoms with Crippen LogP contribution in [0.5, 0.6) is 0 Å². The van der Waals surface area contributed by atoms with Crippen LogP contribution in [0.25, 0.3) is 0 Å². The molecule has 1 saturated heterocycles. The molecule has 1 aromatic rings. The number of aromatic nitrogens is 2. The third kappa shape index (κ3) is 3.14. The maximum absolute atomic E-state index is 10.0. The molecule has 0 amide bonds. The van der Waals surface area contributed by atoms with Gasteiger partial charge in [0.25, 0.3) is 0 Å². The molecule has 5 heteroatoms. The minimum Gasteiger partial charge on any atom is -0.390 e. The Hall–Kier alpha value is -1.20. The summed E-state index contributed by atoms with van der Waals surface area (Å²) in [4.78, 5) is 10.5. The van der Waals surface area contributed by atoms with Crippen molar-refractivity contribution >= 4 is 5.82 Å². The summed E-state index contributed by atoms with van der Waals surface area (Å²) in [5.74, 6) is 0.819. The minimum atomic E-state index is -0.562. The normalized spacial score (nSPS) is 25.7. The van der Waals surface area contributed by atoms with Gasteiger partial charge in [-0.2, -0.15) is 0 Å². The Balaban J connectivity index is 2.06. The van der Waals surface area contributed by atoms with E-state index in [2.05, 4.69) is 14.9 Å². The fourth-order valence-electron chi connectivity index (χ4n) is 2.09. The van der Waals surface area contributed by atoms with Crippen LogP contribution in [0.2, 0.25) is 0 Å². The molecule has 2 heterocycles. The van der Waals surface area contributed by atoms with E-state index in [-0.39, 0.29) is 6.61 Å². The maximum atomic E-state index is 10.0. The lowest BCUT2D eigenvalue weighted by molar-refractivity contribution is 0.0481. The molecule has 1 unspecified atom stereocenters. The Morgan fingerprint density at radius 3 is 2.76 bits per heavy atom. The van der Waals surface area contributed by atoms with Crippen LogP contribution in [-0.4, -0.2) is 38.9 Å². The van der Waals surface area contributed by atoms with Crippen LogP contribution in [0.4, 0.5) is 5.82 Å². The fourth-order valence-corrected chi connectivity index (χ4v) is 2.09. The SMILES string of the molecule is CC1(O)CCCN(c2cnc(CO)cn2)CC1. The summed E-state index contributed by atoms with van der Waals surface area (Å²) in [6.45, 7) is 3.49. The molecule has 1 aliphatic heterocycles. The number of aliphatic hydroxyl groups excluding tert-OH is 1. The first kappa shape index (κ1) is 12.3. The van der Waals surface area contributed by atoms with Gasteiger partial charge in [-0.15, -0.1) is 0 Å². The van der Waals surface area contributed by atoms with E-state index >= 15 is 0 Å². The van der Waals surface area contributed by atoms with Gasteiger partial charge < -0.3 is 15.1 Å². The monoisotopic (exact) mass is 237 g/mol. The highest BCUT2D eigenvalue weighted by molar-refractivity contribution is 5.36. The van der Waals surface area contributed by atoms with E-state index in [0.717, 1.165) is 38.2 Å². The summed E-state index contributed by atoms with van der Waals surface area (Å²) in [5.41, 5.74) is 0.0169. The van der Waals surface area contributed by atoms with Crippen LogP contribution in [0, 0.1) is 0 Å². The van der Waals surface area contributed by atoms with E-state index in [0.29, 0.717) is 5.69 Å². The van der Waals surface area contributed by atoms with E-state index < -0.39 is 5.60 Å². The molecular weight excluding hydrogens is 218 g/mol. The maximum Gasteiger partial charge on any atom is 0.147 e. The molecule has 0 radical (unpaired) electrons. The third-order valence-corrected chi connectivity index (χ3v) is 3.24. The van der Waals surface area contributed by atoms with E-state index in [1.54, 1.807) is 12.4 Å². The Kier molecular flexibility index (Phi) is 3.59. The van der Waals surface area contributed by atoms with Gasteiger partial charge in [0.05, 0.1) is 30.3 Å². The zero-order chi connectivity index (χ0) is 12.3. The average molecular weight is 237 g/mol. The topological polar surface area (TPSA) is 69.5 Å². The highest BCUT2D eigenvalue weighted by Gasteiger charge is 2.25. The summed E-state index contributed by atoms with van der Waals surface area (Å²) in [6.07, 6.45) is 5.81. The fraction of sp³-hybridized carbons (Fsp3) is 0.667. The Morgan fingerprint density at radius 1 is 1.29 bits per heavy atom. The smallest absolute Gasteiger partial charge is 0.147 e. The van der Waals surface area contributed by atoms with Gasteiger partial charge in [-0.1, -0.05) is 0 Å². The van der Waals surface area contributed by atoms with Crippen LogP contribution in [-0.2, 0) is 6.61 Å². The number of hydrogen-bond donors (Lipinski definition) is 2. The number of rotatable bonds is 2. The van der Waals surface area contributed by atoms with Gasteiger partial charge in [-0.25, -0.2) is 4.98 Å². The molecule has 1 aromatic heterocycles. The van der Waals surface area contributed by atoms with Crippen LogP contribution < -0.4 is 4.90 Å². The molecule has 0 aromatic carbocycles. The van der Waals surface area contributed by atoms with Crippen LogP contribution in [0.3, 0.4) is 0 Å². The zero-order valence-corrected chi connectivity index (χ0v) is 10.1. The number of hydrogen-bond acceptors (Lipinski definition) is 5. The third-order valence-electron chi connectivity index (χ3n) is 3.24. The van der Waals surface area contributed by atoms with Crippen molar-refractivity contribution in [2.24, 2.45) is 0 Å². The number of aliphatic hydroxyl groups is 2. The molecule has 1 atom stereocenters. The van der Waals surface area contributed by atoms with Gasteiger partial charge in [-0.3, -0.25) is 4.98 Å². The van der Waals surface area contributed by atoms with Gasteiger partial charge in [0.1, 0.15) is 5.82 Å². The molecule has 2 N–H and O–H groups in total. The van der Waals surface area contributed by atoms with Gasteiger partial charge in [0.15, 0.2) is 0 Å². The predicted molar refractivity (Wildman–Crippen MR) is 64.6 cm³/mol. The first-order chi connectivity index (χ1) is 8.11. The lowest BCUT2D eigenvalue weighted by atomic mass is 9.98. The van der Waals surface area contributed by atoms with E-state index in [1.807, 2.05) is 6.92 Å². The second kappa shape index (κ2) is 4.98. The molecule has 0 aliphatic carbocycles. The molecule has 0 saturated carbocycles. The number of nitrogens with zero attached hydrogens (tertiary/aromatic N) is 3. The van der Waals surface area contributed by atoms with E-state index in [9.17, 15) is 5.11 Å². The molecule has 0 bridgehead atoms. The zero-order valence-electron chi connectivity index (χ0n) is 10.1. The minimum absolute atomic E-state index is 0.0814. The standard InChI is InChI=1S/C12H19N3O2/c1-12(17)3-2-5-15(6-4-12)11-8-13-10(9-16)7-14-11/h7-8,16-17H,2-6,9H2,1H3. The van der Waals surface area contributed by atoms with Crippen molar-refractivity contribution in [2.75, 3.05) is 18.0 Å². The summed E-state index contributed by atoms with van der Waals surface area (Å²) in [6, 6.07) is 0. The average Bonchev–Trinajstić information content (AvgIpc) is 2.50. The second-order valence-electron chi connectivity index (χ2n) is 4.86. The molecule has 17 heavy (non-hydrogen) atoms. The molecule has 1 aliphatic rings. The first-order valence-corrected chi connectivity index (χ1v) is 6.00. The highest BCUT2D eigenvalue weighted by Crippen LogP contribution is 2.23. The molecule has 94 valence electrons. The van der Waals surface area contributed by atoms with Crippen molar-refractivity contribution < 1.29 is 10.2 Å². The van der Waals surface area contributed by atoms with Crippen LogP contribution in [0.15, 0.2) is 12.4 Å². The predicted octanol–water partition coefficient (Wildman–Crippen LogP) is 0.710. The van der Waals surface area contributed by atoms with Crippen molar-refractivity contribution in [3.05, 3.63) is 18.1 Å². The lowest BCUT2D eigenvalue weighted by Gasteiger charge is -2.23. The molecular formula is C12H19N3O2. The summed E-state index contributed by atoms with van der Waals surface area (Å²) < 4.78 is 0. The van der Waals surface area contributed by atoms with Gasteiger partial charge in [-0.05, 0) is 26.2 Å². The summed E-state index contributed by atoms with van der Waals surface area (Å²) in [5, 5.41) is 18.9. The summed E-state index contributed by atoms with van der Waals surface area (Å²) >= 11 is 0. The van der Waals surface area contributed by atoms with E-state index in [1.165, 1.54) is 0 Å². The van der Waals surface area contributed by atoms with Crippen molar-refractivity contribution in [2.45, 2.75) is 38.4 Å². The number of anilines is 1. The second-order valence-corrected chi connectivity index (χ2v) is 4.86. The van der Waals surface area contributed by atoms with Gasteiger partial charge in [0.2, 0.25) is 0 Å². The Morgan fingerprint density at radius 2 is 2.12 bits per heavy atom. The van der Waals surface area contributed by atoms with Crippen molar-refractivity contribution in [1.29, 1.82) is 0 Å². The molecule has 2 rings (SSSR count). The first-order valence-electron chi connectivity index (χ1n) is 6.00. The lowest BCUT2D eigenvalue weighted by Crippen LogP contribution is -2.28. The van der Waals surface area contributed by atoms with Crippen molar-refractivity contribution in [3.8, 4) is 0 Å². The molecule has 5 nitrogen and oxygen atoms in total.